The van der Waals surface area contributed by atoms with Crippen molar-refractivity contribution in [2.45, 2.75) is 18.6 Å². The zero-order valence-corrected chi connectivity index (χ0v) is 12.7. The molecule has 0 radical (unpaired) electrons. The van der Waals surface area contributed by atoms with Crippen molar-refractivity contribution in [2.24, 2.45) is 0 Å². The summed E-state index contributed by atoms with van der Waals surface area (Å²) in [5.74, 6) is 0.00220. The third kappa shape index (κ3) is 2.55. The fourth-order valence-corrected chi connectivity index (χ4v) is 3.31. The first kappa shape index (κ1) is 13.9. The molecule has 0 aliphatic carbocycles. The molecule has 2 aromatic rings. The maximum absolute atomic E-state index is 13.3. The van der Waals surface area contributed by atoms with Gasteiger partial charge in [-0.15, -0.1) is 0 Å². The van der Waals surface area contributed by atoms with Crippen LogP contribution in [0.4, 0.5) is 4.39 Å². The number of ether oxygens (including phenoxy) is 1. The second-order valence-corrected chi connectivity index (χ2v) is 6.00. The average molecular weight is 358 g/mol. The number of halogens is 3. The molecule has 1 N–H and O–H groups in total. The highest BCUT2D eigenvalue weighted by Gasteiger charge is 2.29. The van der Waals surface area contributed by atoms with E-state index in [4.69, 9.17) is 16.3 Å². The van der Waals surface area contributed by atoms with E-state index in [9.17, 15) is 9.50 Å². The maximum Gasteiger partial charge on any atom is 0.128 e. The SMILES string of the molecule is O[C@H]1CC(c2ccc(Cl)cc2Br)Oc2cc(F)ccc21. The standard InChI is InChI=1S/C15H11BrClFO2/c16-12-5-8(17)1-3-10(12)15-7-13(19)11-4-2-9(18)6-14(11)20-15/h1-6,13,15,19H,7H2/t13-,15?/m0/s1. The zero-order chi connectivity index (χ0) is 14.3. The third-order valence-electron chi connectivity index (χ3n) is 3.35. The van der Waals surface area contributed by atoms with Gasteiger partial charge in [0.2, 0.25) is 0 Å². The highest BCUT2D eigenvalue weighted by molar-refractivity contribution is 9.10. The van der Waals surface area contributed by atoms with Crippen molar-refractivity contribution in [3.05, 3.63) is 62.8 Å². The highest BCUT2D eigenvalue weighted by atomic mass is 79.9. The van der Waals surface area contributed by atoms with E-state index in [1.165, 1.54) is 12.1 Å². The van der Waals surface area contributed by atoms with Crippen LogP contribution >= 0.6 is 27.5 Å². The summed E-state index contributed by atoms with van der Waals surface area (Å²) in [7, 11) is 0. The first-order valence-electron chi connectivity index (χ1n) is 6.13. The lowest BCUT2D eigenvalue weighted by Crippen LogP contribution is -2.19. The minimum absolute atomic E-state index is 0.342. The molecule has 2 atom stereocenters. The second-order valence-electron chi connectivity index (χ2n) is 4.71. The van der Waals surface area contributed by atoms with E-state index in [2.05, 4.69) is 15.9 Å². The van der Waals surface area contributed by atoms with Crippen LogP contribution in [0.2, 0.25) is 5.02 Å². The molecule has 1 aliphatic rings. The Kier molecular flexibility index (Phi) is 3.71. The summed E-state index contributed by atoms with van der Waals surface area (Å²) in [6.07, 6.45) is -0.600. The van der Waals surface area contributed by atoms with Crippen molar-refractivity contribution in [1.82, 2.24) is 0 Å². The summed E-state index contributed by atoms with van der Waals surface area (Å²) in [5.41, 5.74) is 1.50. The number of fused-ring (bicyclic) bond motifs is 1. The molecule has 0 aromatic heterocycles. The van der Waals surface area contributed by atoms with Gasteiger partial charge in [0, 0.05) is 33.1 Å². The molecule has 1 unspecified atom stereocenters. The molecular weight excluding hydrogens is 347 g/mol. The molecule has 0 amide bonds. The lowest BCUT2D eigenvalue weighted by Gasteiger charge is -2.30. The topological polar surface area (TPSA) is 29.5 Å². The molecule has 5 heteroatoms. The summed E-state index contributed by atoms with van der Waals surface area (Å²) >= 11 is 9.35. The van der Waals surface area contributed by atoms with Crippen molar-refractivity contribution in [2.75, 3.05) is 0 Å². The lowest BCUT2D eigenvalue weighted by molar-refractivity contribution is 0.0650. The van der Waals surface area contributed by atoms with Gasteiger partial charge in [-0.1, -0.05) is 33.6 Å². The molecular formula is C15H11BrClFO2. The van der Waals surface area contributed by atoms with Crippen molar-refractivity contribution in [3.8, 4) is 5.75 Å². The van der Waals surface area contributed by atoms with Crippen LogP contribution in [0.5, 0.6) is 5.75 Å². The minimum Gasteiger partial charge on any atom is -0.485 e. The molecule has 0 saturated heterocycles. The van der Waals surface area contributed by atoms with E-state index in [1.807, 2.05) is 6.07 Å². The van der Waals surface area contributed by atoms with Gasteiger partial charge < -0.3 is 9.84 Å². The summed E-state index contributed by atoms with van der Waals surface area (Å²) in [6, 6.07) is 9.56. The monoisotopic (exact) mass is 356 g/mol. The molecule has 20 heavy (non-hydrogen) atoms. The molecule has 0 bridgehead atoms. The number of benzene rings is 2. The number of aliphatic hydroxyl groups is 1. The van der Waals surface area contributed by atoms with Gasteiger partial charge in [0.1, 0.15) is 17.7 Å². The first-order chi connectivity index (χ1) is 9.54. The molecule has 104 valence electrons. The molecule has 2 aromatic carbocycles. The summed E-state index contributed by atoms with van der Waals surface area (Å²) in [6.45, 7) is 0. The van der Waals surface area contributed by atoms with Gasteiger partial charge in [-0.2, -0.15) is 0 Å². The highest BCUT2D eigenvalue weighted by Crippen LogP contribution is 2.42. The Morgan fingerprint density at radius 3 is 2.70 bits per heavy atom. The largest absolute Gasteiger partial charge is 0.485 e. The Balaban J connectivity index is 1.98. The molecule has 2 nitrogen and oxygen atoms in total. The smallest absolute Gasteiger partial charge is 0.128 e. The van der Waals surface area contributed by atoms with Crippen LogP contribution < -0.4 is 4.74 Å². The van der Waals surface area contributed by atoms with Crippen LogP contribution in [0.15, 0.2) is 40.9 Å². The van der Waals surface area contributed by atoms with Crippen LogP contribution in [0.25, 0.3) is 0 Å². The first-order valence-corrected chi connectivity index (χ1v) is 7.31. The van der Waals surface area contributed by atoms with E-state index in [0.717, 1.165) is 10.0 Å². The van der Waals surface area contributed by atoms with Crippen LogP contribution in [0.3, 0.4) is 0 Å². The van der Waals surface area contributed by atoms with Gasteiger partial charge in [-0.3, -0.25) is 0 Å². The van der Waals surface area contributed by atoms with Gasteiger partial charge in [-0.05, 0) is 24.3 Å². The number of aliphatic hydroxyl groups excluding tert-OH is 1. The van der Waals surface area contributed by atoms with Crippen LogP contribution in [-0.2, 0) is 0 Å². The Bertz CT molecular complexity index is 662. The van der Waals surface area contributed by atoms with Gasteiger partial charge in [-0.25, -0.2) is 4.39 Å². The molecule has 0 spiro atoms. The Morgan fingerprint density at radius 1 is 1.20 bits per heavy atom. The fourth-order valence-electron chi connectivity index (χ4n) is 2.37. The summed E-state index contributed by atoms with van der Waals surface area (Å²) in [4.78, 5) is 0. The number of rotatable bonds is 1. The fraction of sp³-hybridized carbons (Fsp3) is 0.200. The van der Waals surface area contributed by atoms with Gasteiger partial charge in [0.05, 0.1) is 6.10 Å². The molecule has 3 rings (SSSR count). The van der Waals surface area contributed by atoms with Crippen molar-refractivity contribution < 1.29 is 14.2 Å². The Morgan fingerprint density at radius 2 is 1.95 bits per heavy atom. The molecule has 1 heterocycles. The Hall–Kier alpha value is -1.10. The minimum atomic E-state index is -0.674. The number of hydrogen-bond donors (Lipinski definition) is 1. The Labute approximate surface area is 129 Å². The van der Waals surface area contributed by atoms with E-state index in [-0.39, 0.29) is 11.9 Å². The zero-order valence-electron chi connectivity index (χ0n) is 10.3. The van der Waals surface area contributed by atoms with Gasteiger partial charge in [0.25, 0.3) is 0 Å². The molecule has 0 fully saturated rings. The van der Waals surface area contributed by atoms with Crippen LogP contribution in [0, 0.1) is 5.82 Å². The lowest BCUT2D eigenvalue weighted by atomic mass is 9.95. The predicted octanol–water partition coefficient (Wildman–Crippen LogP) is 4.80. The van der Waals surface area contributed by atoms with E-state index >= 15 is 0 Å². The summed E-state index contributed by atoms with van der Waals surface area (Å²) in [5, 5.41) is 10.8. The van der Waals surface area contributed by atoms with E-state index in [0.29, 0.717) is 22.8 Å². The predicted molar refractivity (Wildman–Crippen MR) is 78.5 cm³/mol. The average Bonchev–Trinajstić information content (AvgIpc) is 2.37. The van der Waals surface area contributed by atoms with Crippen molar-refractivity contribution in [1.29, 1.82) is 0 Å². The second kappa shape index (κ2) is 5.35. The third-order valence-corrected chi connectivity index (χ3v) is 4.27. The van der Waals surface area contributed by atoms with Gasteiger partial charge in [0.15, 0.2) is 0 Å². The van der Waals surface area contributed by atoms with E-state index in [1.54, 1.807) is 18.2 Å². The number of hydrogen-bond acceptors (Lipinski definition) is 2. The van der Waals surface area contributed by atoms with Crippen LogP contribution in [-0.4, -0.2) is 5.11 Å². The molecule has 0 saturated carbocycles. The summed E-state index contributed by atoms with van der Waals surface area (Å²) < 4.78 is 19.9. The normalized spacial score (nSPS) is 21.2. The molecule has 1 aliphatic heterocycles. The van der Waals surface area contributed by atoms with Crippen LogP contribution in [0.1, 0.15) is 29.8 Å². The quantitative estimate of drug-likeness (QED) is 0.794. The van der Waals surface area contributed by atoms with Crippen molar-refractivity contribution in [3.63, 3.8) is 0 Å². The van der Waals surface area contributed by atoms with E-state index < -0.39 is 6.10 Å². The van der Waals surface area contributed by atoms with Crippen molar-refractivity contribution >= 4 is 27.5 Å². The maximum atomic E-state index is 13.3. The van der Waals surface area contributed by atoms with Gasteiger partial charge >= 0.3 is 0 Å².